The van der Waals surface area contributed by atoms with Gasteiger partial charge in [0.05, 0.1) is 4.90 Å². The van der Waals surface area contributed by atoms with Crippen molar-refractivity contribution < 1.29 is 8.42 Å². The molecule has 0 radical (unpaired) electrons. The van der Waals surface area contributed by atoms with Crippen LogP contribution >= 0.6 is 11.6 Å². The SMILES string of the molecule is CC1(C)[C@H](CNc2cccc(Cl)c2)[C@H]1c1ccc(S(N)(=O)=O)cc1. The van der Waals surface area contributed by atoms with Crippen LogP contribution in [0.2, 0.25) is 5.02 Å². The molecule has 3 rings (SSSR count). The number of nitrogens with two attached hydrogens (primary N) is 1. The van der Waals surface area contributed by atoms with Gasteiger partial charge >= 0.3 is 0 Å². The van der Waals surface area contributed by atoms with Crippen LogP contribution in [0, 0.1) is 11.3 Å². The molecule has 24 heavy (non-hydrogen) atoms. The third-order valence-corrected chi connectivity index (χ3v) is 6.13. The summed E-state index contributed by atoms with van der Waals surface area (Å²) in [6.07, 6.45) is 0. The largest absolute Gasteiger partial charge is 0.385 e. The van der Waals surface area contributed by atoms with Gasteiger partial charge in [-0.1, -0.05) is 43.6 Å². The standard InChI is InChI=1S/C18H21ClN2O2S/c1-18(2)16(11-21-14-5-3-4-13(19)10-14)17(18)12-6-8-15(9-7-12)24(20,22)23/h3-10,16-17,21H,11H2,1-2H3,(H2,20,22,23)/t16-,17-/m1/s1. The van der Waals surface area contributed by atoms with Crippen LogP contribution in [0.15, 0.2) is 53.4 Å². The van der Waals surface area contributed by atoms with Crippen molar-refractivity contribution in [3.63, 3.8) is 0 Å². The molecule has 2 aromatic carbocycles. The van der Waals surface area contributed by atoms with E-state index in [0.29, 0.717) is 16.9 Å². The van der Waals surface area contributed by atoms with Crippen LogP contribution in [-0.4, -0.2) is 15.0 Å². The lowest BCUT2D eigenvalue weighted by Gasteiger charge is -2.07. The van der Waals surface area contributed by atoms with E-state index >= 15 is 0 Å². The average molecular weight is 365 g/mol. The molecule has 0 heterocycles. The van der Waals surface area contributed by atoms with Gasteiger partial charge in [-0.25, -0.2) is 13.6 Å². The number of hydrogen-bond acceptors (Lipinski definition) is 3. The second-order valence-electron chi connectivity index (χ2n) is 6.91. The van der Waals surface area contributed by atoms with Crippen molar-refractivity contribution in [2.45, 2.75) is 24.7 Å². The van der Waals surface area contributed by atoms with Crippen LogP contribution in [0.4, 0.5) is 5.69 Å². The smallest absolute Gasteiger partial charge is 0.238 e. The first kappa shape index (κ1) is 17.3. The molecule has 0 bridgehead atoms. The van der Waals surface area contributed by atoms with Gasteiger partial charge in [-0.15, -0.1) is 0 Å². The van der Waals surface area contributed by atoms with Crippen molar-refractivity contribution in [2.75, 3.05) is 11.9 Å². The topological polar surface area (TPSA) is 72.2 Å². The zero-order valence-corrected chi connectivity index (χ0v) is 15.2. The lowest BCUT2D eigenvalue weighted by molar-refractivity contribution is 0.565. The molecule has 2 atom stereocenters. The van der Waals surface area contributed by atoms with Crippen LogP contribution < -0.4 is 10.5 Å². The molecule has 2 aromatic rings. The normalized spacial score (nSPS) is 22.2. The Kier molecular flexibility index (Phi) is 4.36. The Labute approximate surface area is 148 Å². The predicted octanol–water partition coefficient (Wildman–Crippen LogP) is 3.84. The van der Waals surface area contributed by atoms with Crippen LogP contribution in [0.1, 0.15) is 25.3 Å². The van der Waals surface area contributed by atoms with Crippen LogP contribution in [0.25, 0.3) is 0 Å². The summed E-state index contributed by atoms with van der Waals surface area (Å²) in [6.45, 7) is 5.31. The maximum Gasteiger partial charge on any atom is 0.238 e. The Morgan fingerprint density at radius 2 is 1.83 bits per heavy atom. The van der Waals surface area contributed by atoms with E-state index in [0.717, 1.165) is 17.8 Å². The molecular weight excluding hydrogens is 344 g/mol. The van der Waals surface area contributed by atoms with Crippen LogP contribution in [-0.2, 0) is 10.0 Å². The van der Waals surface area contributed by atoms with Gasteiger partial charge in [0.15, 0.2) is 0 Å². The Morgan fingerprint density at radius 3 is 2.42 bits per heavy atom. The fraction of sp³-hybridized carbons (Fsp3) is 0.333. The highest BCUT2D eigenvalue weighted by atomic mass is 35.5. The van der Waals surface area contributed by atoms with Crippen molar-refractivity contribution >= 4 is 27.3 Å². The van der Waals surface area contributed by atoms with E-state index in [4.69, 9.17) is 16.7 Å². The molecule has 128 valence electrons. The number of anilines is 1. The van der Waals surface area contributed by atoms with Crippen LogP contribution in [0.5, 0.6) is 0 Å². The third kappa shape index (κ3) is 3.43. The lowest BCUT2D eigenvalue weighted by Crippen LogP contribution is -2.11. The van der Waals surface area contributed by atoms with Crippen molar-refractivity contribution in [3.05, 3.63) is 59.1 Å². The monoisotopic (exact) mass is 364 g/mol. The first-order chi connectivity index (χ1) is 11.2. The van der Waals surface area contributed by atoms with Crippen molar-refractivity contribution in [1.82, 2.24) is 0 Å². The zero-order chi connectivity index (χ0) is 17.5. The van der Waals surface area contributed by atoms with E-state index in [9.17, 15) is 8.42 Å². The number of halogens is 1. The number of hydrogen-bond donors (Lipinski definition) is 2. The van der Waals surface area contributed by atoms with Gasteiger partial charge in [0.25, 0.3) is 0 Å². The molecule has 1 aliphatic rings. The summed E-state index contributed by atoms with van der Waals surface area (Å²) in [6, 6.07) is 14.6. The highest BCUT2D eigenvalue weighted by molar-refractivity contribution is 7.89. The third-order valence-electron chi connectivity index (χ3n) is 4.97. The quantitative estimate of drug-likeness (QED) is 0.846. The van der Waals surface area contributed by atoms with E-state index in [2.05, 4.69) is 19.2 Å². The molecule has 0 amide bonds. The number of benzene rings is 2. The Balaban J connectivity index is 1.70. The number of sulfonamides is 1. The molecule has 0 unspecified atom stereocenters. The predicted molar refractivity (Wildman–Crippen MR) is 97.8 cm³/mol. The molecule has 4 nitrogen and oxygen atoms in total. The molecule has 1 saturated carbocycles. The molecule has 1 fully saturated rings. The number of primary sulfonamides is 1. The summed E-state index contributed by atoms with van der Waals surface area (Å²) in [5.41, 5.74) is 2.31. The van der Waals surface area contributed by atoms with E-state index in [1.165, 1.54) is 0 Å². The highest BCUT2D eigenvalue weighted by Crippen LogP contribution is 2.64. The summed E-state index contributed by atoms with van der Waals surface area (Å²) >= 11 is 6.01. The summed E-state index contributed by atoms with van der Waals surface area (Å²) in [5, 5.41) is 9.31. The van der Waals surface area contributed by atoms with E-state index < -0.39 is 10.0 Å². The fourth-order valence-electron chi connectivity index (χ4n) is 3.48. The van der Waals surface area contributed by atoms with Gasteiger partial charge < -0.3 is 5.32 Å². The molecule has 0 saturated heterocycles. The molecule has 3 N–H and O–H groups in total. The minimum atomic E-state index is -3.64. The minimum Gasteiger partial charge on any atom is -0.385 e. The summed E-state index contributed by atoms with van der Waals surface area (Å²) in [4.78, 5) is 0.151. The van der Waals surface area contributed by atoms with Gasteiger partial charge in [0.2, 0.25) is 10.0 Å². The molecular formula is C18H21ClN2O2S. The van der Waals surface area contributed by atoms with Crippen LogP contribution in [0.3, 0.4) is 0 Å². The summed E-state index contributed by atoms with van der Waals surface area (Å²) in [5.74, 6) is 0.857. The Hall–Kier alpha value is -1.56. The Bertz CT molecular complexity index is 848. The van der Waals surface area contributed by atoms with Gasteiger partial charge in [0.1, 0.15) is 0 Å². The van der Waals surface area contributed by atoms with Gasteiger partial charge in [0, 0.05) is 17.3 Å². The van der Waals surface area contributed by atoms with Crippen molar-refractivity contribution in [3.8, 4) is 0 Å². The fourth-order valence-corrected chi connectivity index (χ4v) is 4.18. The van der Waals surface area contributed by atoms with E-state index in [1.807, 2.05) is 36.4 Å². The van der Waals surface area contributed by atoms with Gasteiger partial charge in [-0.3, -0.25) is 0 Å². The second-order valence-corrected chi connectivity index (χ2v) is 8.91. The summed E-state index contributed by atoms with van der Waals surface area (Å²) < 4.78 is 22.7. The lowest BCUT2D eigenvalue weighted by atomic mass is 10.0. The molecule has 0 aromatic heterocycles. The van der Waals surface area contributed by atoms with E-state index in [1.54, 1.807) is 12.1 Å². The maximum atomic E-state index is 11.4. The van der Waals surface area contributed by atoms with E-state index in [-0.39, 0.29) is 10.3 Å². The first-order valence-electron chi connectivity index (χ1n) is 7.82. The molecule has 0 aliphatic heterocycles. The van der Waals surface area contributed by atoms with Gasteiger partial charge in [-0.05, 0) is 53.1 Å². The molecule has 6 heteroatoms. The molecule has 1 aliphatic carbocycles. The number of nitrogens with one attached hydrogen (secondary N) is 1. The Morgan fingerprint density at radius 1 is 1.17 bits per heavy atom. The minimum absolute atomic E-state index is 0.151. The summed E-state index contributed by atoms with van der Waals surface area (Å²) in [7, 11) is -3.64. The average Bonchev–Trinajstić information content (AvgIpc) is 3.05. The maximum absolute atomic E-state index is 11.4. The number of rotatable bonds is 5. The first-order valence-corrected chi connectivity index (χ1v) is 9.74. The van der Waals surface area contributed by atoms with Gasteiger partial charge in [-0.2, -0.15) is 0 Å². The highest BCUT2D eigenvalue weighted by Gasteiger charge is 2.57. The van der Waals surface area contributed by atoms with Crippen molar-refractivity contribution in [1.29, 1.82) is 0 Å². The zero-order valence-electron chi connectivity index (χ0n) is 13.7. The molecule has 0 spiro atoms. The van der Waals surface area contributed by atoms with Crippen molar-refractivity contribution in [2.24, 2.45) is 16.5 Å². The second kappa shape index (κ2) is 6.06.